The van der Waals surface area contributed by atoms with Gasteiger partial charge in [0.25, 0.3) is 5.56 Å². The molecule has 4 aromatic rings. The van der Waals surface area contributed by atoms with Gasteiger partial charge in [0.1, 0.15) is 33.9 Å². The molecule has 0 unspecified atom stereocenters. The Labute approximate surface area is 264 Å². The third-order valence-electron chi connectivity index (χ3n) is 6.48. The number of halogens is 2. The van der Waals surface area contributed by atoms with Crippen LogP contribution in [0.5, 0.6) is 11.5 Å². The Balaban J connectivity index is 1.66. The van der Waals surface area contributed by atoms with Gasteiger partial charge in [-0.2, -0.15) is 0 Å². The summed E-state index contributed by atoms with van der Waals surface area (Å²) in [5, 5.41) is 2.58. The van der Waals surface area contributed by atoms with Gasteiger partial charge in [0.2, 0.25) is 11.8 Å². The number of nitrogens with one attached hydrogen (secondary N) is 1. The Morgan fingerprint density at radius 2 is 1.76 bits per heavy atom. The standard InChI is InChI=1S/C33H35F2N5O6/c1-33(2,3)46-32(44)40-25(37-28-29(40)22(34)19-23(35)30(28)45-21-13-8-6-9-14-21)20-39-18-12-15-24(31(39)43)36-26(41)16-10-7-11-17-27(42)38(4)5/h6,8-9,11-15,17-19H,7,10,16,20H2,1-5H3,(H,36,41)/b17-11+. The minimum atomic E-state index is -1.09. The van der Waals surface area contributed by atoms with Gasteiger partial charge in [0.15, 0.2) is 17.4 Å². The predicted molar refractivity (Wildman–Crippen MR) is 168 cm³/mol. The number of carbonyl (C=O) groups is 3. The summed E-state index contributed by atoms with van der Waals surface area (Å²) in [7, 11) is 3.27. The second kappa shape index (κ2) is 14.2. The lowest BCUT2D eigenvalue weighted by Gasteiger charge is -2.20. The van der Waals surface area contributed by atoms with Gasteiger partial charge >= 0.3 is 6.09 Å². The number of carbonyl (C=O) groups excluding carboxylic acids is 3. The van der Waals surface area contributed by atoms with Gasteiger partial charge < -0.3 is 24.3 Å². The second-order valence-electron chi connectivity index (χ2n) is 11.6. The number of nitrogens with zero attached hydrogens (tertiary/aromatic N) is 4. The summed E-state index contributed by atoms with van der Waals surface area (Å²) in [6.45, 7) is 4.51. The summed E-state index contributed by atoms with van der Waals surface area (Å²) in [6, 6.07) is 11.7. The number of allylic oxidation sites excluding steroid dienone is 1. The van der Waals surface area contributed by atoms with Gasteiger partial charge in [-0.25, -0.2) is 23.1 Å². The minimum Gasteiger partial charge on any atom is -0.452 e. The van der Waals surface area contributed by atoms with Crippen molar-refractivity contribution in [2.24, 2.45) is 0 Å². The number of para-hydroxylation sites is 1. The minimum absolute atomic E-state index is 0.0314. The molecular formula is C33H35F2N5O6. The van der Waals surface area contributed by atoms with Crippen molar-refractivity contribution in [3.05, 3.63) is 94.7 Å². The van der Waals surface area contributed by atoms with Crippen LogP contribution in [0.3, 0.4) is 0 Å². The molecule has 11 nitrogen and oxygen atoms in total. The molecule has 0 aliphatic rings. The number of fused-ring (bicyclic) bond motifs is 1. The molecule has 2 aromatic heterocycles. The molecule has 2 aromatic carbocycles. The van der Waals surface area contributed by atoms with Crippen LogP contribution in [-0.2, 0) is 20.9 Å². The number of imidazole rings is 1. The highest BCUT2D eigenvalue weighted by molar-refractivity contribution is 5.92. The van der Waals surface area contributed by atoms with E-state index in [1.807, 2.05) is 0 Å². The maximum absolute atomic E-state index is 15.4. The van der Waals surface area contributed by atoms with E-state index in [2.05, 4.69) is 10.3 Å². The third kappa shape index (κ3) is 8.23. The van der Waals surface area contributed by atoms with E-state index in [1.54, 1.807) is 71.3 Å². The van der Waals surface area contributed by atoms with E-state index in [-0.39, 0.29) is 41.7 Å². The van der Waals surface area contributed by atoms with E-state index in [1.165, 1.54) is 33.9 Å². The number of hydrogen-bond acceptors (Lipinski definition) is 7. The molecule has 1 N–H and O–H groups in total. The Bertz CT molecular complexity index is 1840. The normalized spacial score (nSPS) is 11.5. The molecule has 242 valence electrons. The van der Waals surface area contributed by atoms with Crippen molar-refractivity contribution in [3.63, 3.8) is 0 Å². The number of benzene rings is 2. The number of pyridine rings is 1. The number of hydrogen-bond donors (Lipinski definition) is 1. The van der Waals surface area contributed by atoms with E-state index >= 15 is 8.78 Å². The van der Waals surface area contributed by atoms with E-state index in [4.69, 9.17) is 9.47 Å². The average molecular weight is 636 g/mol. The second-order valence-corrected chi connectivity index (χ2v) is 11.6. The highest BCUT2D eigenvalue weighted by Gasteiger charge is 2.29. The van der Waals surface area contributed by atoms with E-state index in [0.717, 1.165) is 4.57 Å². The molecule has 0 saturated carbocycles. The molecule has 4 rings (SSSR count). The smallest absolute Gasteiger partial charge is 0.420 e. The van der Waals surface area contributed by atoms with E-state index in [9.17, 15) is 19.2 Å². The summed E-state index contributed by atoms with van der Waals surface area (Å²) < 4.78 is 43.7. The zero-order valence-electron chi connectivity index (χ0n) is 26.2. The fourth-order valence-electron chi connectivity index (χ4n) is 4.35. The van der Waals surface area contributed by atoms with Gasteiger partial charge in [0, 0.05) is 32.8 Å². The number of ether oxygens (including phenoxy) is 2. The highest BCUT2D eigenvalue weighted by Crippen LogP contribution is 2.35. The quantitative estimate of drug-likeness (QED) is 0.171. The number of anilines is 1. The molecule has 0 aliphatic carbocycles. The Hall–Kier alpha value is -5.33. The number of likely N-dealkylation sites (N-methyl/N-ethyl adjacent to an activating group) is 1. The fraction of sp³-hybridized carbons (Fsp3) is 0.303. The first kappa shape index (κ1) is 33.6. The zero-order valence-corrected chi connectivity index (χ0v) is 26.2. The maximum Gasteiger partial charge on any atom is 0.420 e. The summed E-state index contributed by atoms with van der Waals surface area (Å²) >= 11 is 0. The number of rotatable bonds is 10. The van der Waals surface area contributed by atoms with Crippen molar-refractivity contribution in [2.45, 2.75) is 52.2 Å². The van der Waals surface area contributed by atoms with Crippen LogP contribution in [0.4, 0.5) is 19.3 Å². The number of aromatic nitrogens is 3. The first-order valence-corrected chi connectivity index (χ1v) is 14.5. The number of amides is 2. The van der Waals surface area contributed by atoms with E-state index in [0.29, 0.717) is 18.9 Å². The predicted octanol–water partition coefficient (Wildman–Crippen LogP) is 5.85. The topological polar surface area (TPSA) is 125 Å². The molecular weight excluding hydrogens is 600 g/mol. The lowest BCUT2D eigenvalue weighted by Crippen LogP contribution is -2.30. The van der Waals surface area contributed by atoms with Gasteiger partial charge in [-0.3, -0.25) is 14.4 Å². The largest absolute Gasteiger partial charge is 0.452 e. The van der Waals surface area contributed by atoms with Crippen LogP contribution >= 0.6 is 0 Å². The highest BCUT2D eigenvalue weighted by atomic mass is 19.1. The van der Waals surface area contributed by atoms with Crippen molar-refractivity contribution in [1.29, 1.82) is 0 Å². The van der Waals surface area contributed by atoms with Crippen LogP contribution in [-0.4, -0.2) is 56.6 Å². The molecule has 46 heavy (non-hydrogen) atoms. The maximum atomic E-state index is 15.4. The Kier molecular flexibility index (Phi) is 10.3. The molecule has 2 heterocycles. The lowest BCUT2D eigenvalue weighted by atomic mass is 10.2. The summed E-state index contributed by atoms with van der Waals surface area (Å²) in [4.78, 5) is 56.7. The SMILES string of the molecule is CN(C)C(=O)/C=C/CCCC(=O)Nc1cccn(Cc2nc3c(Oc4ccccc4)c(F)cc(F)c3n2C(=O)OC(C)(C)C)c1=O. The van der Waals surface area contributed by atoms with Gasteiger partial charge in [0.05, 0.1) is 6.54 Å². The number of unbranched alkanes of at least 4 members (excludes halogenated alkanes) is 1. The molecule has 0 atom stereocenters. The van der Waals surface area contributed by atoms with Crippen LogP contribution in [0.1, 0.15) is 45.9 Å². The first-order valence-electron chi connectivity index (χ1n) is 14.5. The molecule has 0 spiro atoms. The first-order chi connectivity index (χ1) is 21.7. The third-order valence-corrected chi connectivity index (χ3v) is 6.48. The van der Waals surface area contributed by atoms with Crippen molar-refractivity contribution >= 4 is 34.6 Å². The van der Waals surface area contributed by atoms with Crippen LogP contribution in [0, 0.1) is 11.6 Å². The lowest BCUT2D eigenvalue weighted by molar-refractivity contribution is -0.123. The van der Waals surface area contributed by atoms with Crippen LogP contribution in [0.15, 0.2) is 71.7 Å². The van der Waals surface area contributed by atoms with Crippen molar-refractivity contribution in [1.82, 2.24) is 19.0 Å². The van der Waals surface area contributed by atoms with Crippen molar-refractivity contribution < 1.29 is 32.6 Å². The van der Waals surface area contributed by atoms with Gasteiger partial charge in [-0.15, -0.1) is 0 Å². The summed E-state index contributed by atoms with van der Waals surface area (Å²) in [5.41, 5.74) is -2.32. The summed E-state index contributed by atoms with van der Waals surface area (Å²) in [6.07, 6.45) is 4.53. The molecule has 0 bridgehead atoms. The zero-order chi connectivity index (χ0) is 33.6. The van der Waals surface area contributed by atoms with Crippen LogP contribution < -0.4 is 15.6 Å². The molecule has 0 aliphatic heterocycles. The fourth-order valence-corrected chi connectivity index (χ4v) is 4.35. The average Bonchev–Trinajstić information content (AvgIpc) is 3.36. The summed E-state index contributed by atoms with van der Waals surface area (Å²) in [5.74, 6) is -3.02. The monoisotopic (exact) mass is 635 g/mol. The van der Waals surface area contributed by atoms with Gasteiger partial charge in [-0.1, -0.05) is 24.3 Å². The molecule has 0 radical (unpaired) electrons. The molecule has 0 saturated heterocycles. The van der Waals surface area contributed by atoms with Crippen LogP contribution in [0.2, 0.25) is 0 Å². The molecule has 2 amide bonds. The van der Waals surface area contributed by atoms with Crippen molar-refractivity contribution in [2.75, 3.05) is 19.4 Å². The van der Waals surface area contributed by atoms with E-state index < -0.39 is 46.1 Å². The molecule has 0 fully saturated rings. The van der Waals surface area contributed by atoms with Crippen molar-refractivity contribution in [3.8, 4) is 11.5 Å². The Morgan fingerprint density at radius 3 is 2.43 bits per heavy atom. The Morgan fingerprint density at radius 1 is 1.04 bits per heavy atom. The van der Waals surface area contributed by atoms with Crippen LogP contribution in [0.25, 0.3) is 11.0 Å². The molecule has 13 heteroatoms. The van der Waals surface area contributed by atoms with Gasteiger partial charge in [-0.05, 0) is 64.0 Å².